The molecule has 1 aliphatic carbocycles. The maximum absolute atomic E-state index is 7.60. The molecule has 0 radical (unpaired) electrons. The third kappa shape index (κ3) is 5.80. The Hall–Kier alpha value is -8.20. The van der Waals surface area contributed by atoms with E-state index in [2.05, 4.69) is 266 Å². The Bertz CT molecular complexity index is 3190. The van der Waals surface area contributed by atoms with E-state index in [1.165, 1.54) is 44.5 Å². The lowest BCUT2D eigenvalue weighted by Crippen LogP contribution is -2.38. The summed E-state index contributed by atoms with van der Waals surface area (Å²) in [4.78, 5) is 2.40. The van der Waals surface area contributed by atoms with Gasteiger partial charge < -0.3 is 9.64 Å². The van der Waals surface area contributed by atoms with Gasteiger partial charge in [0.25, 0.3) is 0 Å². The van der Waals surface area contributed by atoms with Gasteiger partial charge in [-0.3, -0.25) is 0 Å². The van der Waals surface area contributed by atoms with Gasteiger partial charge in [-0.1, -0.05) is 218 Å². The average Bonchev–Trinajstić information content (AvgIpc) is 3.68. The van der Waals surface area contributed by atoms with Gasteiger partial charge in [0.1, 0.15) is 5.75 Å². The molecule has 1 aliphatic heterocycles. The first-order valence-corrected chi connectivity index (χ1v) is 22.1. The number of benzene rings is 10. The highest BCUT2D eigenvalue weighted by Crippen LogP contribution is 2.58. The van der Waals surface area contributed by atoms with Crippen molar-refractivity contribution in [2.24, 2.45) is 0 Å². The monoisotopic (exact) mass is 817 g/mol. The molecule has 0 aromatic heterocycles. The van der Waals surface area contributed by atoms with E-state index in [1.54, 1.807) is 0 Å². The van der Waals surface area contributed by atoms with Crippen LogP contribution >= 0.6 is 0 Å². The second kappa shape index (κ2) is 15.3. The smallest absolute Gasteiger partial charge is 0.185 e. The summed E-state index contributed by atoms with van der Waals surface area (Å²) in [5, 5.41) is 0. The topological polar surface area (TPSA) is 12.5 Å². The molecule has 2 heteroatoms. The predicted molar refractivity (Wildman–Crippen MR) is 263 cm³/mol. The minimum absolute atomic E-state index is 0.541. The zero-order valence-corrected chi connectivity index (χ0v) is 35.2. The van der Waals surface area contributed by atoms with Crippen molar-refractivity contribution < 1.29 is 4.74 Å². The fraction of sp³-hybridized carbons (Fsp3) is 0.0323. The Labute approximate surface area is 375 Å². The average molecular weight is 818 g/mol. The van der Waals surface area contributed by atoms with Crippen molar-refractivity contribution >= 4 is 17.1 Å². The van der Waals surface area contributed by atoms with Gasteiger partial charge in [0.05, 0.1) is 5.41 Å². The fourth-order valence-corrected chi connectivity index (χ4v) is 10.6. The summed E-state index contributed by atoms with van der Waals surface area (Å²) in [6, 6.07) is 94.4. The quantitative estimate of drug-likeness (QED) is 0.151. The molecule has 2 aliphatic rings. The first kappa shape index (κ1) is 37.6. The van der Waals surface area contributed by atoms with Crippen LogP contribution in [0.4, 0.5) is 17.1 Å². The van der Waals surface area contributed by atoms with E-state index in [1.807, 2.05) is 0 Å². The van der Waals surface area contributed by atoms with Crippen LogP contribution < -0.4 is 9.64 Å². The Morgan fingerprint density at radius 2 is 0.688 bits per heavy atom. The van der Waals surface area contributed by atoms with Crippen LogP contribution in [-0.2, 0) is 11.0 Å². The molecule has 2 nitrogen and oxygen atoms in total. The molecule has 0 N–H and O–H groups in total. The van der Waals surface area contributed by atoms with Crippen LogP contribution in [-0.4, -0.2) is 0 Å². The van der Waals surface area contributed by atoms with Crippen molar-refractivity contribution in [3.05, 3.63) is 300 Å². The third-order valence-electron chi connectivity index (χ3n) is 13.4. The molecule has 10 aromatic rings. The SMILES string of the molecule is c1ccc(-c2ccc(N(c3ccc4c(c3)OC(c3ccccc3)(c3ccccc3)c3ccccc3-4)c3ccc4c(c3)C(c3ccccc3)(c3ccccc3)c3ccccc3-4)cc2)cc1. The molecule has 10 aromatic carbocycles. The Morgan fingerprint density at radius 1 is 0.281 bits per heavy atom. The minimum Gasteiger partial charge on any atom is -0.472 e. The van der Waals surface area contributed by atoms with Gasteiger partial charge in [-0.15, -0.1) is 0 Å². The highest BCUT2D eigenvalue weighted by molar-refractivity contribution is 5.91. The zero-order valence-electron chi connectivity index (χ0n) is 35.2. The number of hydrogen-bond acceptors (Lipinski definition) is 2. The van der Waals surface area contributed by atoms with Gasteiger partial charge in [-0.05, 0) is 86.5 Å². The molecule has 302 valence electrons. The van der Waals surface area contributed by atoms with Crippen LogP contribution in [0.25, 0.3) is 33.4 Å². The van der Waals surface area contributed by atoms with E-state index in [9.17, 15) is 0 Å². The van der Waals surface area contributed by atoms with Crippen LogP contribution in [0.3, 0.4) is 0 Å². The molecule has 0 saturated heterocycles. The minimum atomic E-state index is -0.878. The Morgan fingerprint density at radius 3 is 1.27 bits per heavy atom. The van der Waals surface area contributed by atoms with Gasteiger partial charge >= 0.3 is 0 Å². The molecular formula is C62H43NO. The summed E-state index contributed by atoms with van der Waals surface area (Å²) in [6.07, 6.45) is 0. The van der Waals surface area contributed by atoms with E-state index >= 15 is 0 Å². The van der Waals surface area contributed by atoms with E-state index in [4.69, 9.17) is 4.74 Å². The lowest BCUT2D eigenvalue weighted by atomic mass is 9.67. The molecule has 0 saturated carbocycles. The molecule has 0 unspecified atom stereocenters. The molecule has 12 rings (SSSR count). The van der Waals surface area contributed by atoms with Crippen molar-refractivity contribution in [3.8, 4) is 39.1 Å². The van der Waals surface area contributed by atoms with Gasteiger partial charge in [-0.2, -0.15) is 0 Å². The van der Waals surface area contributed by atoms with Crippen molar-refractivity contribution in [2.75, 3.05) is 4.90 Å². The maximum Gasteiger partial charge on any atom is 0.185 e. The van der Waals surface area contributed by atoms with Gasteiger partial charge in [0.15, 0.2) is 5.60 Å². The summed E-state index contributed by atoms with van der Waals surface area (Å²) < 4.78 is 7.60. The van der Waals surface area contributed by atoms with Crippen molar-refractivity contribution in [2.45, 2.75) is 11.0 Å². The van der Waals surface area contributed by atoms with E-state index in [0.717, 1.165) is 50.6 Å². The summed E-state index contributed by atoms with van der Waals surface area (Å²) in [6.45, 7) is 0. The number of rotatable bonds is 8. The standard InChI is InChI=1S/C62H43NO/c1-6-20-44(21-7-1)45-34-36-50(37-35-45)63(51-38-40-55-53-30-16-18-32-57(53)61(59(55)42-51,46-22-8-2-9-23-46)47-24-10-3-11-25-47)52-39-41-56-54-31-17-19-33-58(54)62(64-60(56)43-52,48-26-12-4-13-27-48)49-28-14-5-15-29-49/h1-43H. The molecular weight excluding hydrogens is 775 g/mol. The van der Waals surface area contributed by atoms with Crippen LogP contribution in [0.2, 0.25) is 0 Å². The molecule has 1 heterocycles. The zero-order chi connectivity index (χ0) is 42.5. The maximum atomic E-state index is 7.60. The second-order valence-corrected chi connectivity index (χ2v) is 16.7. The summed E-state index contributed by atoms with van der Waals surface area (Å²) >= 11 is 0. The van der Waals surface area contributed by atoms with Crippen molar-refractivity contribution in [3.63, 3.8) is 0 Å². The summed E-state index contributed by atoms with van der Waals surface area (Å²) in [5.74, 6) is 0.825. The first-order chi connectivity index (χ1) is 31.7. The molecule has 0 amide bonds. The van der Waals surface area contributed by atoms with Crippen LogP contribution in [0.15, 0.2) is 261 Å². The van der Waals surface area contributed by atoms with Gasteiger partial charge in [0, 0.05) is 45.4 Å². The number of hydrogen-bond donors (Lipinski definition) is 0. The van der Waals surface area contributed by atoms with Crippen LogP contribution in [0, 0.1) is 0 Å². The number of anilines is 3. The van der Waals surface area contributed by atoms with Crippen molar-refractivity contribution in [1.29, 1.82) is 0 Å². The number of fused-ring (bicyclic) bond motifs is 6. The number of ether oxygens (including phenoxy) is 1. The van der Waals surface area contributed by atoms with E-state index < -0.39 is 11.0 Å². The second-order valence-electron chi connectivity index (χ2n) is 16.7. The molecule has 0 bridgehead atoms. The van der Waals surface area contributed by atoms with Crippen LogP contribution in [0.1, 0.15) is 38.9 Å². The third-order valence-corrected chi connectivity index (χ3v) is 13.4. The largest absolute Gasteiger partial charge is 0.472 e. The Kier molecular flexibility index (Phi) is 8.98. The van der Waals surface area contributed by atoms with Gasteiger partial charge in [0.2, 0.25) is 0 Å². The fourth-order valence-electron chi connectivity index (χ4n) is 10.6. The lowest BCUT2D eigenvalue weighted by molar-refractivity contribution is 0.152. The van der Waals surface area contributed by atoms with E-state index in [0.29, 0.717) is 0 Å². The summed E-state index contributed by atoms with van der Waals surface area (Å²) in [5.41, 5.74) is 17.1. The number of nitrogens with zero attached hydrogens (tertiary/aromatic N) is 1. The highest BCUT2D eigenvalue weighted by Gasteiger charge is 2.47. The molecule has 0 atom stereocenters. The summed E-state index contributed by atoms with van der Waals surface area (Å²) in [7, 11) is 0. The lowest BCUT2D eigenvalue weighted by Gasteiger charge is -2.41. The van der Waals surface area contributed by atoms with E-state index in [-0.39, 0.29) is 0 Å². The highest BCUT2D eigenvalue weighted by atomic mass is 16.5. The van der Waals surface area contributed by atoms with Crippen LogP contribution in [0.5, 0.6) is 5.75 Å². The molecule has 0 fully saturated rings. The molecule has 0 spiro atoms. The molecule has 64 heavy (non-hydrogen) atoms. The normalized spacial score (nSPS) is 13.7. The van der Waals surface area contributed by atoms with Crippen molar-refractivity contribution in [1.82, 2.24) is 0 Å². The van der Waals surface area contributed by atoms with Gasteiger partial charge in [-0.25, -0.2) is 0 Å². The Balaban J connectivity index is 1.09. The first-order valence-electron chi connectivity index (χ1n) is 22.1. The predicted octanol–water partition coefficient (Wildman–Crippen LogP) is 15.5.